The second-order valence-corrected chi connectivity index (χ2v) is 7.86. The van der Waals surface area contributed by atoms with E-state index in [4.69, 9.17) is 0 Å². The van der Waals surface area contributed by atoms with Crippen LogP contribution in [-0.4, -0.2) is 30.7 Å². The summed E-state index contributed by atoms with van der Waals surface area (Å²) in [6.07, 6.45) is -0.721. The summed E-state index contributed by atoms with van der Waals surface area (Å²) in [6.45, 7) is 4.27. The SMILES string of the molecule is CNC[C@@H](O)[C@H](c1ccccc1)N1C(=O)C(C)(C)c2cc(Br)ccc21.Cl. The summed E-state index contributed by atoms with van der Waals surface area (Å²) >= 11 is 3.50. The molecule has 0 bridgehead atoms. The van der Waals surface area contributed by atoms with Crippen molar-refractivity contribution in [2.75, 3.05) is 18.5 Å². The van der Waals surface area contributed by atoms with Crippen molar-refractivity contribution in [3.63, 3.8) is 0 Å². The molecule has 0 saturated heterocycles. The Balaban J connectivity index is 0.00000243. The molecule has 3 rings (SSSR count). The molecule has 1 aliphatic heterocycles. The van der Waals surface area contributed by atoms with Crippen LogP contribution in [0.15, 0.2) is 53.0 Å². The number of carbonyl (C=O) groups is 1. The molecule has 2 aromatic carbocycles. The average Bonchev–Trinajstić information content (AvgIpc) is 2.77. The van der Waals surface area contributed by atoms with Crippen molar-refractivity contribution >= 4 is 39.9 Å². The second-order valence-electron chi connectivity index (χ2n) is 6.94. The number of halogens is 2. The molecule has 2 N–H and O–H groups in total. The Morgan fingerprint density at radius 2 is 1.85 bits per heavy atom. The first kappa shape index (κ1) is 20.9. The van der Waals surface area contributed by atoms with E-state index in [-0.39, 0.29) is 18.3 Å². The quantitative estimate of drug-likeness (QED) is 0.745. The summed E-state index contributed by atoms with van der Waals surface area (Å²) in [5.74, 6) is 0.00426. The topological polar surface area (TPSA) is 52.6 Å². The maximum atomic E-state index is 13.3. The number of aliphatic hydroxyl groups excluding tert-OH is 1. The highest BCUT2D eigenvalue weighted by atomic mass is 79.9. The highest BCUT2D eigenvalue weighted by molar-refractivity contribution is 9.10. The van der Waals surface area contributed by atoms with Gasteiger partial charge in [-0.2, -0.15) is 0 Å². The lowest BCUT2D eigenvalue weighted by atomic mass is 9.86. The van der Waals surface area contributed by atoms with Crippen molar-refractivity contribution < 1.29 is 9.90 Å². The number of anilines is 1. The Labute approximate surface area is 169 Å². The Bertz CT molecular complexity index is 783. The van der Waals surface area contributed by atoms with Crippen molar-refractivity contribution in [2.24, 2.45) is 0 Å². The first-order valence-corrected chi connectivity index (χ1v) is 9.18. The molecule has 0 unspecified atom stereocenters. The minimum atomic E-state index is -0.721. The largest absolute Gasteiger partial charge is 0.389 e. The molecule has 0 aromatic heterocycles. The maximum Gasteiger partial charge on any atom is 0.237 e. The van der Waals surface area contributed by atoms with E-state index in [9.17, 15) is 9.90 Å². The van der Waals surface area contributed by atoms with Crippen molar-refractivity contribution in [2.45, 2.75) is 31.4 Å². The van der Waals surface area contributed by atoms with E-state index < -0.39 is 17.6 Å². The number of amides is 1. The lowest BCUT2D eigenvalue weighted by Crippen LogP contribution is -2.45. The first-order chi connectivity index (χ1) is 11.9. The molecule has 2 atom stereocenters. The van der Waals surface area contributed by atoms with Crippen LogP contribution in [-0.2, 0) is 10.2 Å². The smallest absolute Gasteiger partial charge is 0.237 e. The van der Waals surface area contributed by atoms with Gasteiger partial charge in [0.15, 0.2) is 0 Å². The Hall–Kier alpha value is -1.40. The Morgan fingerprint density at radius 1 is 1.19 bits per heavy atom. The summed E-state index contributed by atoms with van der Waals surface area (Å²) in [5.41, 5.74) is 2.13. The fraction of sp³-hybridized carbons (Fsp3) is 0.350. The monoisotopic (exact) mass is 438 g/mol. The van der Waals surface area contributed by atoms with Gasteiger partial charge in [-0.3, -0.25) is 4.79 Å². The van der Waals surface area contributed by atoms with Gasteiger partial charge in [-0.1, -0.05) is 46.3 Å². The van der Waals surface area contributed by atoms with Gasteiger partial charge in [-0.05, 0) is 50.2 Å². The number of carbonyl (C=O) groups excluding carboxylic acids is 1. The minimum Gasteiger partial charge on any atom is -0.389 e. The van der Waals surface area contributed by atoms with E-state index in [0.717, 1.165) is 21.3 Å². The van der Waals surface area contributed by atoms with Gasteiger partial charge in [0.2, 0.25) is 5.91 Å². The number of aliphatic hydroxyl groups is 1. The first-order valence-electron chi connectivity index (χ1n) is 8.39. The van der Waals surface area contributed by atoms with Crippen molar-refractivity contribution in [1.29, 1.82) is 0 Å². The van der Waals surface area contributed by atoms with Gasteiger partial charge in [0.25, 0.3) is 0 Å². The van der Waals surface area contributed by atoms with Gasteiger partial charge in [-0.25, -0.2) is 0 Å². The molecule has 0 saturated carbocycles. The average molecular weight is 440 g/mol. The van der Waals surface area contributed by atoms with Crippen LogP contribution in [0.1, 0.15) is 31.0 Å². The fourth-order valence-electron chi connectivity index (χ4n) is 3.54. The zero-order valence-electron chi connectivity index (χ0n) is 15.1. The zero-order chi connectivity index (χ0) is 18.2. The molecule has 0 fully saturated rings. The third kappa shape index (κ3) is 3.54. The summed E-state index contributed by atoms with van der Waals surface area (Å²) in [5, 5.41) is 13.8. The molecule has 0 radical (unpaired) electrons. The number of nitrogens with one attached hydrogen (secondary N) is 1. The predicted octanol–water partition coefficient (Wildman–Crippen LogP) is 3.82. The molecule has 4 nitrogen and oxygen atoms in total. The second kappa shape index (κ2) is 8.09. The van der Waals surface area contributed by atoms with Crippen LogP contribution in [0.3, 0.4) is 0 Å². The van der Waals surface area contributed by atoms with E-state index >= 15 is 0 Å². The number of rotatable bonds is 5. The van der Waals surface area contributed by atoms with Gasteiger partial charge in [0.1, 0.15) is 0 Å². The normalized spacial score (nSPS) is 17.4. The van der Waals surface area contributed by atoms with E-state index in [1.807, 2.05) is 62.4 Å². The van der Waals surface area contributed by atoms with Crippen molar-refractivity contribution in [3.8, 4) is 0 Å². The summed E-state index contributed by atoms with van der Waals surface area (Å²) in [6, 6.07) is 15.2. The van der Waals surface area contributed by atoms with Crippen molar-refractivity contribution in [3.05, 3.63) is 64.1 Å². The van der Waals surface area contributed by atoms with E-state index in [1.165, 1.54) is 0 Å². The Kier molecular flexibility index (Phi) is 6.51. The van der Waals surface area contributed by atoms with Crippen LogP contribution in [0.2, 0.25) is 0 Å². The number of nitrogens with zero attached hydrogens (tertiary/aromatic N) is 1. The van der Waals surface area contributed by atoms with Crippen LogP contribution in [0.5, 0.6) is 0 Å². The van der Waals surface area contributed by atoms with Crippen LogP contribution in [0, 0.1) is 0 Å². The van der Waals surface area contributed by atoms with Crippen LogP contribution in [0.25, 0.3) is 0 Å². The van der Waals surface area contributed by atoms with Gasteiger partial charge in [0.05, 0.1) is 17.6 Å². The van der Waals surface area contributed by atoms with Gasteiger partial charge < -0.3 is 15.3 Å². The summed E-state index contributed by atoms with van der Waals surface area (Å²) < 4.78 is 0.945. The lowest BCUT2D eigenvalue weighted by molar-refractivity contribution is -0.123. The van der Waals surface area contributed by atoms with Crippen LogP contribution >= 0.6 is 28.3 Å². The molecule has 1 amide bonds. The highest BCUT2D eigenvalue weighted by Crippen LogP contribution is 2.47. The molecule has 0 aliphatic carbocycles. The molecule has 1 heterocycles. The molecule has 6 heteroatoms. The third-order valence-corrected chi connectivity index (χ3v) is 5.34. The fourth-order valence-corrected chi connectivity index (χ4v) is 3.90. The van der Waals surface area contributed by atoms with E-state index in [0.29, 0.717) is 6.54 Å². The molecule has 1 aliphatic rings. The van der Waals surface area contributed by atoms with E-state index in [2.05, 4.69) is 21.2 Å². The maximum absolute atomic E-state index is 13.3. The van der Waals surface area contributed by atoms with Gasteiger partial charge in [0, 0.05) is 16.7 Å². The van der Waals surface area contributed by atoms with Gasteiger partial charge in [-0.15, -0.1) is 12.4 Å². The number of hydrogen-bond donors (Lipinski definition) is 2. The molecule has 26 heavy (non-hydrogen) atoms. The molecule has 2 aromatic rings. The van der Waals surface area contributed by atoms with Crippen LogP contribution in [0.4, 0.5) is 5.69 Å². The van der Waals surface area contributed by atoms with Gasteiger partial charge >= 0.3 is 0 Å². The molecular weight excluding hydrogens is 416 g/mol. The predicted molar refractivity (Wildman–Crippen MR) is 111 cm³/mol. The Morgan fingerprint density at radius 3 is 2.46 bits per heavy atom. The van der Waals surface area contributed by atoms with Crippen molar-refractivity contribution in [1.82, 2.24) is 5.32 Å². The number of hydrogen-bond acceptors (Lipinski definition) is 3. The molecule has 140 valence electrons. The molecule has 0 spiro atoms. The number of likely N-dealkylation sites (N-methyl/N-ethyl adjacent to an activating group) is 1. The molecular formula is C20H24BrClN2O2. The summed E-state index contributed by atoms with van der Waals surface area (Å²) in [4.78, 5) is 15.1. The van der Waals surface area contributed by atoms with Crippen LogP contribution < -0.4 is 10.2 Å². The standard InChI is InChI=1S/C20H23BrN2O2.ClH/c1-20(2)15-11-14(21)9-10-16(15)23(19(20)25)18(17(24)12-22-3)13-7-5-4-6-8-13;/h4-11,17-18,22,24H,12H2,1-3H3;1H/t17-,18+;/m1./s1. The lowest BCUT2D eigenvalue weighted by Gasteiger charge is -2.33. The number of benzene rings is 2. The number of fused-ring (bicyclic) bond motifs is 1. The van der Waals surface area contributed by atoms with E-state index in [1.54, 1.807) is 11.9 Å². The summed E-state index contributed by atoms with van der Waals surface area (Å²) in [7, 11) is 1.80. The zero-order valence-corrected chi connectivity index (χ0v) is 17.5. The minimum absolute atomic E-state index is 0. The third-order valence-electron chi connectivity index (χ3n) is 4.84. The highest BCUT2D eigenvalue weighted by Gasteiger charge is 2.48.